The maximum atomic E-state index is 13.2. The second-order valence-electron chi connectivity index (χ2n) is 3.53. The Kier molecular flexibility index (Phi) is 2.81. The molecule has 1 atom stereocenters. The molecular weight excluding hydrogens is 293 g/mol. The van der Waals surface area contributed by atoms with E-state index in [0.29, 0.717) is 0 Å². The van der Waals surface area contributed by atoms with E-state index in [2.05, 4.69) is 0 Å². The summed E-state index contributed by atoms with van der Waals surface area (Å²) in [7, 11) is 0. The number of allylic oxidation sites excluding steroid dienone is 1. The van der Waals surface area contributed by atoms with Gasteiger partial charge in [-0.25, -0.2) is 17.6 Å². The molecule has 0 radical (unpaired) electrons. The van der Waals surface area contributed by atoms with Crippen LogP contribution in [0, 0.1) is 23.3 Å². The van der Waals surface area contributed by atoms with E-state index in [1.807, 2.05) is 0 Å². The highest BCUT2D eigenvalue weighted by molar-refractivity contribution is 5.58. The van der Waals surface area contributed by atoms with E-state index in [9.17, 15) is 39.7 Å². The van der Waals surface area contributed by atoms with Crippen molar-refractivity contribution in [2.24, 2.45) is 0 Å². The molecule has 1 heterocycles. The summed E-state index contributed by atoms with van der Waals surface area (Å²) in [4.78, 5) is -4.40. The topological polar surface area (TPSA) is 0 Å². The fraction of sp³-hybridized carbons (Fsp3) is 0.111. The van der Waals surface area contributed by atoms with Crippen LogP contribution < -0.4 is 4.93 Å². The lowest BCUT2D eigenvalue weighted by atomic mass is 10.0. The van der Waals surface area contributed by atoms with Crippen molar-refractivity contribution >= 4 is 5.69 Å². The molecule has 1 nitrogen and oxygen atoms in total. The maximum absolute atomic E-state index is 13.2. The Morgan fingerprint density at radius 1 is 0.737 bits per heavy atom. The summed E-state index contributed by atoms with van der Waals surface area (Å²) in [5, 5.41) is 0. The molecule has 19 heavy (non-hydrogen) atoms. The highest BCUT2D eigenvalue weighted by Gasteiger charge is 2.58. The Balaban J connectivity index is 2.96. The van der Waals surface area contributed by atoms with Crippen LogP contribution in [0.1, 0.15) is 11.7 Å². The van der Waals surface area contributed by atoms with E-state index < -0.39 is 57.4 Å². The predicted octanol–water partition coefficient (Wildman–Crippen LogP) is 4.45. The van der Waals surface area contributed by atoms with Crippen LogP contribution in [0.3, 0.4) is 0 Å². The van der Waals surface area contributed by atoms with Gasteiger partial charge in [-0.2, -0.15) is 8.78 Å². The Morgan fingerprint density at radius 3 is 1.74 bits per heavy atom. The molecule has 0 aliphatic carbocycles. The summed E-state index contributed by atoms with van der Waals surface area (Å²) in [6.07, 6.45) is -3.50. The third-order valence-electron chi connectivity index (χ3n) is 2.48. The van der Waals surface area contributed by atoms with Gasteiger partial charge in [0.25, 0.3) is 5.69 Å². The number of hydrogen-bond acceptors (Lipinski definition) is 0. The highest BCUT2D eigenvalue weighted by atomic mass is 19.4. The van der Waals surface area contributed by atoms with Crippen LogP contribution >= 0.6 is 0 Å². The van der Waals surface area contributed by atoms with E-state index in [0.717, 1.165) is 0 Å². The van der Waals surface area contributed by atoms with E-state index in [1.165, 1.54) is 0 Å². The smallest absolute Gasteiger partial charge is 0.234 e. The molecule has 104 valence electrons. The zero-order chi connectivity index (χ0) is 14.7. The lowest BCUT2D eigenvalue weighted by Gasteiger charge is -2.21. The summed E-state index contributed by atoms with van der Waals surface area (Å²) in [6, 6.07) is 0. The van der Waals surface area contributed by atoms with Crippen LogP contribution in [0.2, 0.25) is 0 Å². The number of rotatable bonds is 0. The van der Waals surface area contributed by atoms with Gasteiger partial charge in [-0.1, -0.05) is 0 Å². The molecular formula is C9HF9N+. The number of quaternary nitrogens is 1. The van der Waals surface area contributed by atoms with Crippen LogP contribution in [0.5, 0.6) is 0 Å². The first-order valence-electron chi connectivity index (χ1n) is 4.46. The molecule has 0 N–H and O–H groups in total. The minimum Gasteiger partial charge on any atom is -0.234 e. The van der Waals surface area contributed by atoms with Crippen molar-refractivity contribution in [3.63, 3.8) is 0 Å². The molecule has 0 bridgehead atoms. The van der Waals surface area contributed by atoms with Crippen LogP contribution in [-0.4, -0.2) is 0 Å². The van der Waals surface area contributed by atoms with Crippen molar-refractivity contribution in [1.82, 2.24) is 4.93 Å². The first kappa shape index (κ1) is 13.7. The molecule has 1 aliphatic rings. The quantitative estimate of drug-likeness (QED) is 0.218. The van der Waals surface area contributed by atoms with E-state index >= 15 is 0 Å². The molecule has 0 amide bonds. The van der Waals surface area contributed by atoms with Gasteiger partial charge in [0.15, 0.2) is 22.7 Å². The molecule has 0 saturated heterocycles. The number of fused-ring (bicyclic) bond motifs is 1. The van der Waals surface area contributed by atoms with Gasteiger partial charge < -0.3 is 0 Å². The number of hydrogen-bond donors (Lipinski definition) is 0. The minimum atomic E-state index is -4.40. The summed E-state index contributed by atoms with van der Waals surface area (Å²) < 4.78 is 117. The average molecular weight is 294 g/mol. The predicted molar refractivity (Wildman–Crippen MR) is 43.4 cm³/mol. The highest BCUT2D eigenvalue weighted by Crippen LogP contribution is 2.51. The van der Waals surface area contributed by atoms with E-state index in [1.54, 1.807) is 0 Å². The summed E-state index contributed by atoms with van der Waals surface area (Å²) in [5.41, 5.74) is -4.58. The molecule has 1 aliphatic heterocycles. The summed E-state index contributed by atoms with van der Waals surface area (Å²) >= 11 is 0. The van der Waals surface area contributed by atoms with Gasteiger partial charge in [-0.3, -0.25) is 0 Å². The first-order chi connectivity index (χ1) is 8.62. The van der Waals surface area contributed by atoms with Crippen molar-refractivity contribution in [2.75, 3.05) is 0 Å². The van der Waals surface area contributed by atoms with Crippen molar-refractivity contribution in [3.8, 4) is 0 Å². The van der Waals surface area contributed by atoms with Gasteiger partial charge in [0.2, 0.25) is 17.5 Å². The Bertz CT molecular complexity index is 606. The Morgan fingerprint density at radius 2 is 1.21 bits per heavy atom. The molecule has 1 aromatic rings. The van der Waals surface area contributed by atoms with Crippen LogP contribution in [0.25, 0.3) is 0 Å². The van der Waals surface area contributed by atoms with Gasteiger partial charge >= 0.3 is 5.95 Å². The fourth-order valence-corrected chi connectivity index (χ4v) is 1.61. The van der Waals surface area contributed by atoms with Gasteiger partial charge in [0, 0.05) is 0 Å². The van der Waals surface area contributed by atoms with Crippen LogP contribution in [-0.2, 0) is 0 Å². The Labute approximate surface area is 98.2 Å². The molecule has 0 fully saturated rings. The molecule has 10 heteroatoms. The summed E-state index contributed by atoms with van der Waals surface area (Å²) in [5.74, 6) is -16.4. The lowest BCUT2D eigenvalue weighted by Crippen LogP contribution is -2.35. The molecule has 1 aromatic carbocycles. The second kappa shape index (κ2) is 3.89. The van der Waals surface area contributed by atoms with E-state index in [-0.39, 0.29) is 0 Å². The Hall–Kier alpha value is -1.71. The van der Waals surface area contributed by atoms with Crippen LogP contribution in [0.4, 0.5) is 45.4 Å². The molecule has 2 rings (SSSR count). The van der Waals surface area contributed by atoms with Crippen molar-refractivity contribution in [1.29, 1.82) is 0 Å². The summed E-state index contributed by atoms with van der Waals surface area (Å²) in [6.45, 7) is 0. The van der Waals surface area contributed by atoms with Crippen molar-refractivity contribution in [2.45, 2.75) is 6.17 Å². The molecule has 0 spiro atoms. The normalized spacial score (nSPS) is 21.6. The van der Waals surface area contributed by atoms with Crippen molar-refractivity contribution in [3.05, 3.63) is 40.6 Å². The van der Waals surface area contributed by atoms with E-state index in [4.69, 9.17) is 0 Å². The second-order valence-corrected chi connectivity index (χ2v) is 3.53. The number of alkyl halides is 1. The van der Waals surface area contributed by atoms with Gasteiger partial charge in [0.1, 0.15) is 5.56 Å². The number of halogens is 9. The molecule has 1 unspecified atom stereocenters. The number of benzene rings is 1. The van der Waals surface area contributed by atoms with Crippen molar-refractivity contribution < 1.29 is 39.7 Å². The average Bonchev–Trinajstić information content (AvgIpc) is 2.35. The molecule has 0 aromatic heterocycles. The number of nitrogens with zero attached hydrogens (tertiary/aromatic N) is 1. The maximum Gasteiger partial charge on any atom is 0.404 e. The molecule has 0 saturated carbocycles. The van der Waals surface area contributed by atoms with Gasteiger partial charge in [0.05, 0.1) is 8.96 Å². The minimum absolute atomic E-state index is 2.12. The zero-order valence-corrected chi connectivity index (χ0v) is 8.43. The largest absolute Gasteiger partial charge is 0.404 e. The first-order valence-corrected chi connectivity index (χ1v) is 4.46. The zero-order valence-electron chi connectivity index (χ0n) is 8.43. The lowest BCUT2D eigenvalue weighted by molar-refractivity contribution is -0.136. The third kappa shape index (κ3) is 1.55. The standard InChI is InChI=1S/C9HF9N/c10-2-1-3(11)7(15)9(16)19(17,18)8(1)6(14)5(13)4(2)12/h3H/q+1. The fourth-order valence-electron chi connectivity index (χ4n) is 1.61. The SMILES string of the molecule is FC1=C(F)[N+](F)(F)c2c(F)c(F)c(F)c(F)c2C1F. The third-order valence-corrected chi connectivity index (χ3v) is 2.48. The monoisotopic (exact) mass is 294 g/mol. The van der Waals surface area contributed by atoms with Gasteiger partial charge in [-0.15, -0.1) is 4.39 Å². The van der Waals surface area contributed by atoms with Crippen LogP contribution in [0.15, 0.2) is 11.8 Å². The van der Waals surface area contributed by atoms with Gasteiger partial charge in [-0.05, 0) is 0 Å².